The number of carbonyl (C=O) groups is 1. The zero-order valence-electron chi connectivity index (χ0n) is 16.2. The van der Waals surface area contributed by atoms with E-state index in [4.69, 9.17) is 11.6 Å². The Balaban J connectivity index is 1.74. The zero-order valence-corrected chi connectivity index (χ0v) is 18.5. The summed E-state index contributed by atoms with van der Waals surface area (Å²) in [4.78, 5) is 16.0. The van der Waals surface area contributed by atoms with Crippen molar-refractivity contribution in [1.82, 2.24) is 13.6 Å². The first kappa shape index (κ1) is 22.6. The molecule has 0 atom stereocenters. The highest BCUT2D eigenvalue weighted by atomic mass is 35.5. The van der Waals surface area contributed by atoms with Crippen LogP contribution in [0.1, 0.15) is 12.8 Å². The molecule has 0 bridgehead atoms. The van der Waals surface area contributed by atoms with Crippen molar-refractivity contribution < 1.29 is 21.6 Å². The van der Waals surface area contributed by atoms with Crippen LogP contribution in [-0.4, -0.2) is 63.0 Å². The number of sulfonamides is 2. The zero-order chi connectivity index (χ0) is 21.9. The Morgan fingerprint density at radius 1 is 1.20 bits per heavy atom. The van der Waals surface area contributed by atoms with E-state index in [0.717, 1.165) is 17.1 Å². The van der Waals surface area contributed by atoms with E-state index in [2.05, 4.69) is 10.3 Å². The molecule has 0 unspecified atom stereocenters. The SMILES string of the molecule is CN(CC(=O)Nc1ccc(Cl)c(S(=O)(=O)N2CCCC2)c1)S(=O)(=O)c1cccnc1. The van der Waals surface area contributed by atoms with Crippen LogP contribution in [0.5, 0.6) is 0 Å². The van der Waals surface area contributed by atoms with Gasteiger partial charge in [-0.1, -0.05) is 11.6 Å². The normalized spacial score (nSPS) is 15.4. The first-order chi connectivity index (χ1) is 14.1. The monoisotopic (exact) mass is 472 g/mol. The summed E-state index contributed by atoms with van der Waals surface area (Å²) in [5.74, 6) is -0.628. The van der Waals surface area contributed by atoms with Gasteiger partial charge in [0, 0.05) is 38.2 Å². The van der Waals surface area contributed by atoms with Crippen LogP contribution in [0.25, 0.3) is 0 Å². The first-order valence-corrected chi connectivity index (χ1v) is 12.3. The molecule has 1 aromatic carbocycles. The van der Waals surface area contributed by atoms with Crippen molar-refractivity contribution in [3.8, 4) is 0 Å². The Kier molecular flexibility index (Phi) is 6.78. The van der Waals surface area contributed by atoms with Crippen LogP contribution in [0, 0.1) is 0 Å². The number of anilines is 1. The average molecular weight is 473 g/mol. The van der Waals surface area contributed by atoms with Crippen LogP contribution in [0.3, 0.4) is 0 Å². The van der Waals surface area contributed by atoms with Crippen LogP contribution < -0.4 is 5.32 Å². The first-order valence-electron chi connectivity index (χ1n) is 9.08. The summed E-state index contributed by atoms with van der Waals surface area (Å²) in [5, 5.41) is 2.58. The van der Waals surface area contributed by atoms with E-state index in [0.29, 0.717) is 13.1 Å². The predicted octanol–water partition coefficient (Wildman–Crippen LogP) is 1.78. The minimum atomic E-state index is -3.89. The van der Waals surface area contributed by atoms with Gasteiger partial charge in [0.25, 0.3) is 0 Å². The second-order valence-electron chi connectivity index (χ2n) is 6.75. The molecule has 1 aliphatic rings. The summed E-state index contributed by atoms with van der Waals surface area (Å²) in [7, 11) is -6.39. The number of amides is 1. The lowest BCUT2D eigenvalue weighted by Crippen LogP contribution is -2.35. The standard InChI is InChI=1S/C18H21ClN4O5S2/c1-22(29(25,26)15-5-4-8-20-12-15)13-18(24)21-14-6-7-16(19)17(11-14)30(27,28)23-9-2-3-10-23/h4-8,11-12H,2-3,9-10,13H2,1H3,(H,21,24). The van der Waals surface area contributed by atoms with Gasteiger partial charge in [-0.3, -0.25) is 9.78 Å². The molecule has 1 aromatic heterocycles. The number of nitrogens with one attached hydrogen (secondary N) is 1. The Hall–Kier alpha value is -2.05. The summed E-state index contributed by atoms with van der Waals surface area (Å²) in [6.07, 6.45) is 4.20. The van der Waals surface area contributed by atoms with Crippen LogP contribution in [-0.2, 0) is 24.8 Å². The van der Waals surface area contributed by atoms with E-state index in [1.807, 2.05) is 0 Å². The number of hydrogen-bond acceptors (Lipinski definition) is 6. The molecule has 1 aliphatic heterocycles. The van der Waals surface area contributed by atoms with E-state index in [9.17, 15) is 21.6 Å². The van der Waals surface area contributed by atoms with Crippen LogP contribution in [0.15, 0.2) is 52.5 Å². The summed E-state index contributed by atoms with van der Waals surface area (Å²) in [6.45, 7) is 0.382. The third-order valence-electron chi connectivity index (χ3n) is 4.61. The highest BCUT2D eigenvalue weighted by Crippen LogP contribution is 2.29. The number of likely N-dealkylation sites (N-methyl/N-ethyl adjacent to an activating group) is 1. The molecule has 2 aromatic rings. The van der Waals surface area contributed by atoms with Gasteiger partial charge in [0.2, 0.25) is 26.0 Å². The number of halogens is 1. The van der Waals surface area contributed by atoms with Gasteiger partial charge in [-0.2, -0.15) is 8.61 Å². The number of hydrogen-bond donors (Lipinski definition) is 1. The Morgan fingerprint density at radius 3 is 2.53 bits per heavy atom. The summed E-state index contributed by atoms with van der Waals surface area (Å²) >= 11 is 6.10. The van der Waals surface area contributed by atoms with Crippen molar-refractivity contribution in [1.29, 1.82) is 0 Å². The molecule has 2 heterocycles. The van der Waals surface area contributed by atoms with Gasteiger partial charge in [-0.25, -0.2) is 16.8 Å². The largest absolute Gasteiger partial charge is 0.325 e. The molecule has 1 N–H and O–H groups in total. The Bertz CT molecular complexity index is 1130. The van der Waals surface area contributed by atoms with Crippen molar-refractivity contribution in [3.05, 3.63) is 47.7 Å². The topological polar surface area (TPSA) is 117 Å². The number of pyridine rings is 1. The van der Waals surface area contributed by atoms with Crippen LogP contribution >= 0.6 is 11.6 Å². The van der Waals surface area contributed by atoms with E-state index >= 15 is 0 Å². The van der Waals surface area contributed by atoms with Gasteiger partial charge < -0.3 is 5.32 Å². The van der Waals surface area contributed by atoms with Crippen LogP contribution in [0.4, 0.5) is 5.69 Å². The lowest BCUT2D eigenvalue weighted by atomic mass is 10.3. The average Bonchev–Trinajstić information content (AvgIpc) is 3.25. The van der Waals surface area contributed by atoms with Gasteiger partial charge in [0.1, 0.15) is 9.79 Å². The fourth-order valence-electron chi connectivity index (χ4n) is 3.01. The maximum absolute atomic E-state index is 12.8. The molecule has 12 heteroatoms. The third-order valence-corrected chi connectivity index (χ3v) is 8.77. The van der Waals surface area contributed by atoms with Crippen molar-refractivity contribution in [2.45, 2.75) is 22.6 Å². The maximum atomic E-state index is 12.8. The molecule has 0 saturated carbocycles. The number of carbonyl (C=O) groups excluding carboxylic acids is 1. The summed E-state index contributed by atoms with van der Waals surface area (Å²) < 4.78 is 52.8. The molecule has 0 spiro atoms. The highest BCUT2D eigenvalue weighted by molar-refractivity contribution is 7.89. The minimum Gasteiger partial charge on any atom is -0.325 e. The molecule has 3 rings (SSSR count). The summed E-state index contributed by atoms with van der Waals surface area (Å²) in [6, 6.07) is 6.99. The fraction of sp³-hybridized carbons (Fsp3) is 0.333. The second-order valence-corrected chi connectivity index (χ2v) is 11.1. The maximum Gasteiger partial charge on any atom is 0.244 e. The van der Waals surface area contributed by atoms with Gasteiger partial charge in [-0.05, 0) is 43.2 Å². The second kappa shape index (κ2) is 8.98. The number of benzene rings is 1. The Morgan fingerprint density at radius 2 is 1.90 bits per heavy atom. The van der Waals surface area contributed by atoms with Crippen molar-refractivity contribution in [2.24, 2.45) is 0 Å². The van der Waals surface area contributed by atoms with E-state index in [1.54, 1.807) is 0 Å². The van der Waals surface area contributed by atoms with E-state index in [-0.39, 0.29) is 20.5 Å². The molecule has 1 saturated heterocycles. The molecule has 162 valence electrons. The molecule has 1 fully saturated rings. The van der Waals surface area contributed by atoms with Crippen molar-refractivity contribution in [2.75, 3.05) is 32.0 Å². The number of rotatable bonds is 7. The number of nitrogens with zero attached hydrogens (tertiary/aromatic N) is 3. The quantitative estimate of drug-likeness (QED) is 0.656. The molecule has 0 radical (unpaired) electrons. The Labute approximate surface area is 180 Å². The third kappa shape index (κ3) is 4.81. The minimum absolute atomic E-state index is 0.0363. The summed E-state index contributed by atoms with van der Waals surface area (Å²) in [5.41, 5.74) is 0.203. The molecular formula is C18H21ClN4O5S2. The molecule has 0 aliphatic carbocycles. The van der Waals surface area contributed by atoms with Gasteiger partial charge in [0.15, 0.2) is 0 Å². The van der Waals surface area contributed by atoms with Crippen molar-refractivity contribution >= 4 is 43.2 Å². The lowest BCUT2D eigenvalue weighted by Gasteiger charge is -2.18. The van der Waals surface area contributed by atoms with Crippen LogP contribution in [0.2, 0.25) is 5.02 Å². The van der Waals surface area contributed by atoms with Gasteiger partial charge in [0.05, 0.1) is 11.6 Å². The fourth-order valence-corrected chi connectivity index (χ4v) is 6.12. The predicted molar refractivity (Wildman–Crippen MR) is 112 cm³/mol. The number of aromatic nitrogens is 1. The van der Waals surface area contributed by atoms with Gasteiger partial charge in [-0.15, -0.1) is 0 Å². The molecular weight excluding hydrogens is 452 g/mol. The van der Waals surface area contributed by atoms with Gasteiger partial charge >= 0.3 is 0 Å². The van der Waals surface area contributed by atoms with Crippen molar-refractivity contribution in [3.63, 3.8) is 0 Å². The van der Waals surface area contributed by atoms with E-state index < -0.39 is 32.5 Å². The smallest absolute Gasteiger partial charge is 0.244 e. The molecule has 9 nitrogen and oxygen atoms in total. The van der Waals surface area contributed by atoms with E-state index in [1.165, 1.54) is 54.1 Å². The molecule has 30 heavy (non-hydrogen) atoms. The lowest BCUT2D eigenvalue weighted by molar-refractivity contribution is -0.116. The molecule has 1 amide bonds. The highest BCUT2D eigenvalue weighted by Gasteiger charge is 2.29.